The molecule has 0 aliphatic carbocycles. The smallest absolute Gasteiger partial charge is 0.344 e. The zero-order valence-corrected chi connectivity index (χ0v) is 24.5. The maximum Gasteiger partial charge on any atom is 0.344 e. The van der Waals surface area contributed by atoms with Crippen LogP contribution in [-0.2, 0) is 6.42 Å². The first-order chi connectivity index (χ1) is 22.0. The van der Waals surface area contributed by atoms with E-state index in [2.05, 4.69) is 10.3 Å². The van der Waals surface area contributed by atoms with Crippen molar-refractivity contribution in [1.82, 2.24) is 10.3 Å². The summed E-state index contributed by atoms with van der Waals surface area (Å²) in [6.45, 7) is 1.03. The Labute approximate surface area is 258 Å². The Morgan fingerprint density at radius 3 is 2.56 bits per heavy atom. The molecule has 2 aromatic heterocycles. The minimum atomic E-state index is -0.824. The third-order valence-electron chi connectivity index (χ3n) is 8.16. The van der Waals surface area contributed by atoms with Gasteiger partial charge in [-0.25, -0.2) is 4.79 Å². The molecule has 226 valence electrons. The van der Waals surface area contributed by atoms with Crippen LogP contribution in [-0.4, -0.2) is 42.9 Å². The maximum atomic E-state index is 13.8. The molecule has 3 N–H and O–H groups in total. The molecule has 4 aromatic carbocycles. The van der Waals surface area contributed by atoms with E-state index in [0.717, 1.165) is 16.5 Å². The Hall–Kier alpha value is -5.70. The minimum absolute atomic E-state index is 0.0714. The van der Waals surface area contributed by atoms with Gasteiger partial charge >= 0.3 is 5.63 Å². The van der Waals surface area contributed by atoms with Crippen molar-refractivity contribution in [1.29, 1.82) is 0 Å². The Balaban J connectivity index is 1.39. The van der Waals surface area contributed by atoms with Gasteiger partial charge in [0.15, 0.2) is 11.5 Å². The van der Waals surface area contributed by atoms with Crippen LogP contribution in [0.25, 0.3) is 21.9 Å². The van der Waals surface area contributed by atoms with Crippen molar-refractivity contribution in [2.24, 2.45) is 0 Å². The lowest BCUT2D eigenvalue weighted by Crippen LogP contribution is -2.26. The van der Waals surface area contributed by atoms with Crippen molar-refractivity contribution < 1.29 is 28.5 Å². The van der Waals surface area contributed by atoms with E-state index in [-0.39, 0.29) is 22.8 Å². The van der Waals surface area contributed by atoms with Crippen LogP contribution in [0.1, 0.15) is 38.7 Å². The molecule has 1 amide bonds. The van der Waals surface area contributed by atoms with Crippen molar-refractivity contribution >= 4 is 27.8 Å². The third kappa shape index (κ3) is 5.02. The summed E-state index contributed by atoms with van der Waals surface area (Å²) in [6, 6.07) is 27.3. The molecule has 1 aliphatic heterocycles. The number of hydrogen-bond acceptors (Lipinski definition) is 7. The van der Waals surface area contributed by atoms with E-state index in [1.807, 2.05) is 48.5 Å². The highest BCUT2D eigenvalue weighted by atomic mass is 16.6. The molecule has 6 aromatic rings. The molecule has 0 saturated carbocycles. The monoisotopic (exact) mass is 602 g/mol. The van der Waals surface area contributed by atoms with Crippen LogP contribution in [0, 0.1) is 0 Å². The molecule has 3 heterocycles. The number of carbonyl (C=O) groups excluding carboxylic acids is 1. The number of hydrogen-bond donors (Lipinski definition) is 3. The Bertz CT molecular complexity index is 2110. The predicted molar refractivity (Wildman–Crippen MR) is 170 cm³/mol. The SMILES string of the molecule is COc1ccccc1C(=O)NCCc1c(C(c2cccc3c2OCCO3)c2c(O)c3ccccc3oc2=O)[nH]c2ccccc12. The Morgan fingerprint density at radius 2 is 1.69 bits per heavy atom. The van der Waals surface area contributed by atoms with Gasteiger partial charge in [0.05, 0.1) is 29.5 Å². The van der Waals surface area contributed by atoms with Crippen LogP contribution in [0.2, 0.25) is 0 Å². The molecule has 9 heteroatoms. The van der Waals surface area contributed by atoms with Crippen LogP contribution in [0.4, 0.5) is 0 Å². The largest absolute Gasteiger partial charge is 0.507 e. The lowest BCUT2D eigenvalue weighted by molar-refractivity contribution is 0.0951. The number of nitrogens with one attached hydrogen (secondary N) is 2. The average Bonchev–Trinajstić information content (AvgIpc) is 3.44. The molecule has 1 unspecified atom stereocenters. The fraction of sp³-hybridized carbons (Fsp3) is 0.167. The summed E-state index contributed by atoms with van der Waals surface area (Å²) < 4.78 is 23.2. The van der Waals surface area contributed by atoms with Gasteiger partial charge in [-0.05, 0) is 48.4 Å². The molecule has 1 aliphatic rings. The van der Waals surface area contributed by atoms with Gasteiger partial charge in [0.25, 0.3) is 5.91 Å². The number of rotatable bonds is 8. The van der Waals surface area contributed by atoms with Crippen molar-refractivity contribution in [3.8, 4) is 23.0 Å². The molecule has 0 fully saturated rings. The number of methoxy groups -OCH3 is 1. The lowest BCUT2D eigenvalue weighted by Gasteiger charge is -2.26. The number of benzene rings is 4. The molecule has 0 bridgehead atoms. The molecule has 0 saturated heterocycles. The van der Waals surface area contributed by atoms with Crippen molar-refractivity contribution in [2.45, 2.75) is 12.3 Å². The molecule has 45 heavy (non-hydrogen) atoms. The van der Waals surface area contributed by atoms with Gasteiger partial charge in [0, 0.05) is 28.7 Å². The van der Waals surface area contributed by atoms with Crippen LogP contribution >= 0.6 is 0 Å². The first kappa shape index (κ1) is 28.1. The van der Waals surface area contributed by atoms with E-state index in [0.29, 0.717) is 65.6 Å². The van der Waals surface area contributed by atoms with Gasteiger partial charge in [0.1, 0.15) is 30.3 Å². The zero-order chi connectivity index (χ0) is 30.9. The van der Waals surface area contributed by atoms with Crippen molar-refractivity contribution in [3.05, 3.63) is 129 Å². The van der Waals surface area contributed by atoms with Crippen LogP contribution in [0.3, 0.4) is 0 Å². The summed E-state index contributed by atoms with van der Waals surface area (Å²) in [5.41, 5.74) is 3.14. The van der Waals surface area contributed by atoms with Gasteiger partial charge in [-0.2, -0.15) is 0 Å². The van der Waals surface area contributed by atoms with E-state index in [9.17, 15) is 14.7 Å². The quantitative estimate of drug-likeness (QED) is 0.185. The number of H-pyrrole nitrogens is 1. The lowest BCUT2D eigenvalue weighted by atomic mass is 9.84. The van der Waals surface area contributed by atoms with E-state index in [4.69, 9.17) is 18.6 Å². The fourth-order valence-corrected chi connectivity index (χ4v) is 6.15. The van der Waals surface area contributed by atoms with Gasteiger partial charge in [-0.1, -0.05) is 54.6 Å². The average molecular weight is 603 g/mol. The number of amides is 1. The summed E-state index contributed by atoms with van der Waals surface area (Å²) in [7, 11) is 1.53. The Morgan fingerprint density at radius 1 is 0.933 bits per heavy atom. The molecule has 9 nitrogen and oxygen atoms in total. The first-order valence-corrected chi connectivity index (χ1v) is 14.7. The highest BCUT2D eigenvalue weighted by Gasteiger charge is 2.34. The normalized spacial score (nSPS) is 13.1. The second-order valence-electron chi connectivity index (χ2n) is 10.7. The number of carbonyl (C=O) groups is 1. The summed E-state index contributed by atoms with van der Waals surface area (Å²) in [5, 5.41) is 16.1. The second kappa shape index (κ2) is 11.8. The predicted octanol–water partition coefficient (Wildman–Crippen LogP) is 5.91. The summed E-state index contributed by atoms with van der Waals surface area (Å²) in [4.78, 5) is 30.5. The van der Waals surface area contributed by atoms with Gasteiger partial charge in [-0.3, -0.25) is 4.79 Å². The standard InChI is InChI=1S/C36H30N2O7/c1-42-27-14-6-4-11-24(27)35(40)37-18-17-22-21-9-2-5-13-26(21)38-32(22)30(25-12-8-16-29-34(25)44-20-19-43-29)31-33(39)23-10-3-7-15-28(23)45-36(31)41/h2-16,30,38-39H,17-20H2,1H3,(H,37,40). The number of para-hydroxylation sites is 4. The number of aromatic hydroxyl groups is 1. The molecule has 0 spiro atoms. The van der Waals surface area contributed by atoms with Gasteiger partial charge < -0.3 is 34.0 Å². The fourth-order valence-electron chi connectivity index (χ4n) is 6.15. The topological polar surface area (TPSA) is 123 Å². The zero-order valence-electron chi connectivity index (χ0n) is 24.5. The summed E-state index contributed by atoms with van der Waals surface area (Å²) in [5.74, 6) is 0.272. The highest BCUT2D eigenvalue weighted by molar-refractivity contribution is 5.97. The van der Waals surface area contributed by atoms with Gasteiger partial charge in [-0.15, -0.1) is 0 Å². The van der Waals surface area contributed by atoms with Crippen LogP contribution < -0.4 is 25.2 Å². The number of ether oxygens (including phenoxy) is 3. The summed E-state index contributed by atoms with van der Waals surface area (Å²) >= 11 is 0. The number of fused-ring (bicyclic) bond motifs is 3. The molecular weight excluding hydrogens is 572 g/mol. The first-order valence-electron chi connectivity index (χ1n) is 14.7. The van der Waals surface area contributed by atoms with Crippen molar-refractivity contribution in [3.63, 3.8) is 0 Å². The van der Waals surface area contributed by atoms with Crippen LogP contribution in [0.5, 0.6) is 23.0 Å². The second-order valence-corrected chi connectivity index (χ2v) is 10.7. The van der Waals surface area contributed by atoms with Crippen LogP contribution in [0.15, 0.2) is 100 Å². The Kier molecular flexibility index (Phi) is 7.34. The third-order valence-corrected chi connectivity index (χ3v) is 8.16. The van der Waals surface area contributed by atoms with Crippen molar-refractivity contribution in [2.75, 3.05) is 26.9 Å². The molecule has 0 radical (unpaired) electrons. The summed E-state index contributed by atoms with van der Waals surface area (Å²) in [6.07, 6.45) is 0.419. The van der Waals surface area contributed by atoms with E-state index >= 15 is 0 Å². The van der Waals surface area contributed by atoms with E-state index in [1.54, 1.807) is 42.5 Å². The minimum Gasteiger partial charge on any atom is -0.507 e. The van der Waals surface area contributed by atoms with E-state index in [1.165, 1.54) is 7.11 Å². The number of aromatic nitrogens is 1. The molecule has 7 rings (SSSR count). The van der Waals surface area contributed by atoms with Gasteiger partial charge in [0.2, 0.25) is 0 Å². The highest BCUT2D eigenvalue weighted by Crippen LogP contribution is 2.47. The van der Waals surface area contributed by atoms with E-state index < -0.39 is 11.5 Å². The maximum absolute atomic E-state index is 13.8. The number of aromatic amines is 1. The molecule has 1 atom stereocenters. The molecular formula is C36H30N2O7.